The molecule has 1 aromatic carbocycles. The van der Waals surface area contributed by atoms with Gasteiger partial charge in [-0.3, -0.25) is 4.79 Å². The standard InChI is InChI=1S/C15H15N5O.C6H12/c16-7-11-6-14-19-13(10-20(14)18-8-11)9-17-15(21)12-4-2-1-3-5-12;1-2-4-6-5-3-1/h1-6,8,10H,7,9,16H2,(H,17,21);1-6H2. The van der Waals surface area contributed by atoms with Crippen LogP contribution in [0.3, 0.4) is 0 Å². The minimum absolute atomic E-state index is 0.122. The number of imidazole rings is 1. The molecule has 6 heteroatoms. The van der Waals surface area contributed by atoms with E-state index in [4.69, 9.17) is 5.73 Å². The molecule has 0 saturated heterocycles. The summed E-state index contributed by atoms with van der Waals surface area (Å²) in [5, 5.41) is 7.06. The van der Waals surface area contributed by atoms with Gasteiger partial charge in [0.15, 0.2) is 5.65 Å². The van der Waals surface area contributed by atoms with Gasteiger partial charge in [-0.2, -0.15) is 5.10 Å². The van der Waals surface area contributed by atoms with Crippen LogP contribution in [0.25, 0.3) is 5.65 Å². The minimum Gasteiger partial charge on any atom is -0.346 e. The Morgan fingerprint density at radius 2 is 1.74 bits per heavy atom. The van der Waals surface area contributed by atoms with Gasteiger partial charge >= 0.3 is 0 Å². The van der Waals surface area contributed by atoms with Gasteiger partial charge in [0.05, 0.1) is 24.6 Å². The van der Waals surface area contributed by atoms with E-state index in [1.165, 1.54) is 38.5 Å². The van der Waals surface area contributed by atoms with Crippen LogP contribution in [0, 0.1) is 0 Å². The molecule has 142 valence electrons. The van der Waals surface area contributed by atoms with Gasteiger partial charge in [-0.15, -0.1) is 0 Å². The number of fused-ring (bicyclic) bond motifs is 1. The fraction of sp³-hybridized carbons (Fsp3) is 0.381. The Morgan fingerprint density at radius 3 is 2.37 bits per heavy atom. The van der Waals surface area contributed by atoms with Crippen LogP contribution in [0.1, 0.15) is 60.1 Å². The molecule has 1 saturated carbocycles. The first-order valence-electron chi connectivity index (χ1n) is 9.63. The second kappa shape index (κ2) is 9.83. The third kappa shape index (κ3) is 5.62. The van der Waals surface area contributed by atoms with Crippen molar-refractivity contribution in [1.82, 2.24) is 19.9 Å². The van der Waals surface area contributed by atoms with E-state index in [2.05, 4.69) is 15.4 Å². The summed E-state index contributed by atoms with van der Waals surface area (Å²) >= 11 is 0. The summed E-state index contributed by atoms with van der Waals surface area (Å²) in [4.78, 5) is 16.4. The zero-order valence-electron chi connectivity index (χ0n) is 15.6. The van der Waals surface area contributed by atoms with E-state index in [1.54, 1.807) is 29.0 Å². The van der Waals surface area contributed by atoms with Crippen LogP contribution in [0.2, 0.25) is 0 Å². The van der Waals surface area contributed by atoms with Crippen molar-refractivity contribution in [2.24, 2.45) is 5.73 Å². The quantitative estimate of drug-likeness (QED) is 0.741. The largest absolute Gasteiger partial charge is 0.346 e. The molecule has 2 heterocycles. The maximum Gasteiger partial charge on any atom is 0.251 e. The van der Waals surface area contributed by atoms with Crippen molar-refractivity contribution in [3.05, 3.63) is 65.6 Å². The molecule has 1 aliphatic carbocycles. The van der Waals surface area contributed by atoms with Gasteiger partial charge in [-0.25, -0.2) is 9.50 Å². The molecule has 1 aliphatic rings. The molecule has 3 N–H and O–H groups in total. The highest BCUT2D eigenvalue weighted by Crippen LogP contribution is 2.15. The number of nitrogens with one attached hydrogen (secondary N) is 1. The number of nitrogens with zero attached hydrogens (tertiary/aromatic N) is 3. The summed E-state index contributed by atoms with van der Waals surface area (Å²) in [5.41, 5.74) is 8.60. The molecule has 0 spiro atoms. The third-order valence-electron chi connectivity index (χ3n) is 4.63. The first kappa shape index (κ1) is 19.0. The van der Waals surface area contributed by atoms with E-state index in [-0.39, 0.29) is 5.91 Å². The maximum absolute atomic E-state index is 12.0. The molecule has 0 radical (unpaired) electrons. The number of aromatic nitrogens is 3. The minimum atomic E-state index is -0.122. The van der Waals surface area contributed by atoms with E-state index >= 15 is 0 Å². The fourth-order valence-electron chi connectivity index (χ4n) is 3.08. The van der Waals surface area contributed by atoms with E-state index < -0.39 is 0 Å². The number of amides is 1. The molecular weight excluding hydrogens is 338 g/mol. The summed E-state index contributed by atoms with van der Waals surface area (Å²) < 4.78 is 1.67. The predicted molar refractivity (Wildman–Crippen MR) is 106 cm³/mol. The molecule has 1 fully saturated rings. The van der Waals surface area contributed by atoms with Gasteiger partial charge < -0.3 is 11.1 Å². The van der Waals surface area contributed by atoms with Gasteiger partial charge in [0.25, 0.3) is 5.91 Å². The highest BCUT2D eigenvalue weighted by atomic mass is 16.1. The molecular formula is C21H27N5O. The monoisotopic (exact) mass is 365 g/mol. The first-order valence-corrected chi connectivity index (χ1v) is 9.63. The highest BCUT2D eigenvalue weighted by Gasteiger charge is 2.07. The van der Waals surface area contributed by atoms with Crippen LogP contribution < -0.4 is 11.1 Å². The molecule has 2 aromatic heterocycles. The molecule has 3 aromatic rings. The van der Waals surface area contributed by atoms with E-state index in [9.17, 15) is 4.79 Å². The lowest BCUT2D eigenvalue weighted by Gasteiger charge is -2.05. The van der Waals surface area contributed by atoms with Crippen LogP contribution >= 0.6 is 0 Å². The van der Waals surface area contributed by atoms with Crippen molar-refractivity contribution in [2.75, 3.05) is 0 Å². The molecule has 6 nitrogen and oxygen atoms in total. The Hall–Kier alpha value is -2.73. The van der Waals surface area contributed by atoms with Crippen molar-refractivity contribution in [3.63, 3.8) is 0 Å². The van der Waals surface area contributed by atoms with Gasteiger partial charge in [0.2, 0.25) is 0 Å². The summed E-state index contributed by atoms with van der Waals surface area (Å²) in [6.45, 7) is 0.783. The summed E-state index contributed by atoms with van der Waals surface area (Å²) in [5.74, 6) is -0.122. The Morgan fingerprint density at radius 1 is 1.07 bits per heavy atom. The van der Waals surface area contributed by atoms with Gasteiger partial charge in [-0.05, 0) is 23.8 Å². The highest BCUT2D eigenvalue weighted by molar-refractivity contribution is 5.94. The summed E-state index contributed by atoms with van der Waals surface area (Å²) in [7, 11) is 0. The van der Waals surface area contributed by atoms with E-state index in [1.807, 2.05) is 24.3 Å². The van der Waals surface area contributed by atoms with E-state index in [0.717, 1.165) is 16.9 Å². The lowest BCUT2D eigenvalue weighted by molar-refractivity contribution is 0.0950. The Kier molecular flexibility index (Phi) is 6.93. The number of rotatable bonds is 4. The van der Waals surface area contributed by atoms with Crippen molar-refractivity contribution >= 4 is 11.6 Å². The molecule has 0 unspecified atom stereocenters. The average molecular weight is 365 g/mol. The number of hydrogen-bond donors (Lipinski definition) is 2. The zero-order valence-corrected chi connectivity index (χ0v) is 15.6. The summed E-state index contributed by atoms with van der Waals surface area (Å²) in [6.07, 6.45) is 12.5. The summed E-state index contributed by atoms with van der Waals surface area (Å²) in [6, 6.07) is 11.0. The lowest BCUT2D eigenvalue weighted by Crippen LogP contribution is -2.22. The van der Waals surface area contributed by atoms with Crippen LogP contribution in [0.4, 0.5) is 0 Å². The maximum atomic E-state index is 12.0. The Bertz CT molecular complexity index is 844. The topological polar surface area (TPSA) is 85.3 Å². The zero-order chi connectivity index (χ0) is 18.9. The van der Waals surface area contributed by atoms with Crippen LogP contribution in [0.5, 0.6) is 0 Å². The first-order chi connectivity index (χ1) is 13.3. The second-order valence-electron chi connectivity index (χ2n) is 6.77. The number of hydrogen-bond acceptors (Lipinski definition) is 4. The SMILES string of the molecule is C1CCCCC1.NCc1cnn2cc(CNC(=O)c3ccccc3)nc2c1. The smallest absolute Gasteiger partial charge is 0.251 e. The molecule has 0 aliphatic heterocycles. The van der Waals surface area contributed by atoms with Gasteiger partial charge in [0, 0.05) is 12.1 Å². The Labute approximate surface area is 159 Å². The number of carbonyl (C=O) groups excluding carboxylic acids is 1. The normalized spacial score (nSPS) is 13.7. The van der Waals surface area contributed by atoms with Gasteiger partial charge in [-0.1, -0.05) is 56.7 Å². The third-order valence-corrected chi connectivity index (χ3v) is 4.63. The van der Waals surface area contributed by atoms with Crippen molar-refractivity contribution in [2.45, 2.75) is 51.6 Å². The lowest BCUT2D eigenvalue weighted by atomic mass is 10.0. The molecule has 1 amide bonds. The molecule has 4 rings (SSSR count). The van der Waals surface area contributed by atoms with Crippen LogP contribution in [0.15, 0.2) is 48.8 Å². The number of benzene rings is 1. The average Bonchev–Trinajstić information content (AvgIpc) is 3.16. The van der Waals surface area contributed by atoms with Crippen LogP contribution in [-0.4, -0.2) is 20.5 Å². The van der Waals surface area contributed by atoms with E-state index in [0.29, 0.717) is 18.7 Å². The van der Waals surface area contributed by atoms with Crippen molar-refractivity contribution < 1.29 is 4.79 Å². The van der Waals surface area contributed by atoms with Crippen molar-refractivity contribution in [3.8, 4) is 0 Å². The number of nitrogens with two attached hydrogens (primary N) is 1. The molecule has 0 bridgehead atoms. The molecule has 27 heavy (non-hydrogen) atoms. The van der Waals surface area contributed by atoms with Crippen LogP contribution in [-0.2, 0) is 13.1 Å². The fourth-order valence-corrected chi connectivity index (χ4v) is 3.08. The number of carbonyl (C=O) groups is 1. The Balaban J connectivity index is 0.000000299. The molecule has 0 atom stereocenters. The second-order valence-corrected chi connectivity index (χ2v) is 6.77. The van der Waals surface area contributed by atoms with Crippen molar-refractivity contribution in [1.29, 1.82) is 0 Å². The van der Waals surface area contributed by atoms with Gasteiger partial charge in [0.1, 0.15) is 0 Å². The predicted octanol–water partition coefficient (Wildman–Crippen LogP) is 3.46.